The molecule has 0 saturated carbocycles. The Morgan fingerprint density at radius 3 is 2.54 bits per heavy atom. The molecular formula is C36H44ClFN8O3S. The number of unbranched alkanes of at least 4 members (excludes halogenated alkanes) is 1. The molecule has 0 unspecified atom stereocenters. The number of hydrogen-bond acceptors (Lipinski definition) is 8. The van der Waals surface area contributed by atoms with Crippen molar-refractivity contribution in [3.05, 3.63) is 88.5 Å². The second kappa shape index (κ2) is 17.8. The maximum atomic E-state index is 15.7. The molecule has 1 aliphatic heterocycles. The third kappa shape index (κ3) is 9.01. The van der Waals surface area contributed by atoms with Crippen LogP contribution in [0.15, 0.2) is 70.8 Å². The number of rotatable bonds is 9. The van der Waals surface area contributed by atoms with Crippen LogP contribution in [0, 0.1) is 5.82 Å². The summed E-state index contributed by atoms with van der Waals surface area (Å²) >= 11 is 7.48. The van der Waals surface area contributed by atoms with E-state index < -0.39 is 35.8 Å². The number of nitrogens with two attached hydrogens (primary N) is 2. The van der Waals surface area contributed by atoms with E-state index in [9.17, 15) is 14.4 Å². The number of H-pyrrole nitrogens is 1. The van der Waals surface area contributed by atoms with Crippen LogP contribution in [0.4, 0.5) is 4.39 Å². The molecule has 11 nitrogen and oxygen atoms in total. The fraction of sp³-hybridized carbons (Fsp3) is 0.389. The molecule has 0 radical (unpaired) electrons. The van der Waals surface area contributed by atoms with Gasteiger partial charge in [0.05, 0.1) is 11.1 Å². The van der Waals surface area contributed by atoms with E-state index in [-0.39, 0.29) is 36.0 Å². The summed E-state index contributed by atoms with van der Waals surface area (Å²) in [6.45, 7) is 0.915. The van der Waals surface area contributed by atoms with Crippen LogP contribution < -0.4 is 27.4 Å². The Morgan fingerprint density at radius 1 is 0.960 bits per heavy atom. The molecule has 266 valence electrons. The summed E-state index contributed by atoms with van der Waals surface area (Å²) in [6.07, 6.45) is 6.22. The van der Waals surface area contributed by atoms with E-state index in [1.54, 1.807) is 25.4 Å². The highest BCUT2D eigenvalue weighted by Gasteiger charge is 2.34. The van der Waals surface area contributed by atoms with Gasteiger partial charge in [-0.3, -0.25) is 14.4 Å². The minimum Gasteiger partial charge on any atom is -0.361 e. The van der Waals surface area contributed by atoms with Crippen LogP contribution in [0.1, 0.15) is 48.8 Å². The van der Waals surface area contributed by atoms with Crippen LogP contribution in [0.3, 0.4) is 0 Å². The van der Waals surface area contributed by atoms with E-state index in [1.165, 1.54) is 22.7 Å². The van der Waals surface area contributed by atoms with Crippen LogP contribution in [-0.2, 0) is 33.9 Å². The highest BCUT2D eigenvalue weighted by molar-refractivity contribution is 7.99. The maximum absolute atomic E-state index is 15.7. The number of carbonyl (C=O) groups is 3. The first-order chi connectivity index (χ1) is 24.2. The van der Waals surface area contributed by atoms with Crippen LogP contribution in [-0.4, -0.2) is 70.9 Å². The van der Waals surface area contributed by atoms with Crippen molar-refractivity contribution < 1.29 is 18.8 Å². The van der Waals surface area contributed by atoms with E-state index in [0.717, 1.165) is 22.0 Å². The number of hydrogen-bond donors (Lipinski definition) is 6. The Morgan fingerprint density at radius 2 is 1.74 bits per heavy atom. The molecule has 3 atom stereocenters. The van der Waals surface area contributed by atoms with Gasteiger partial charge in [-0.25, -0.2) is 9.37 Å². The molecule has 4 aromatic rings. The van der Waals surface area contributed by atoms with Gasteiger partial charge in [-0.05, 0) is 80.6 Å². The summed E-state index contributed by atoms with van der Waals surface area (Å²) in [4.78, 5) is 52.1. The van der Waals surface area contributed by atoms with Crippen LogP contribution in [0.2, 0.25) is 5.02 Å². The van der Waals surface area contributed by atoms with Crippen molar-refractivity contribution in [3.8, 4) is 0 Å². The Bertz CT molecular complexity index is 1810. The van der Waals surface area contributed by atoms with E-state index in [2.05, 4.69) is 25.9 Å². The lowest BCUT2D eigenvalue weighted by Gasteiger charge is -2.32. The smallest absolute Gasteiger partial charge is 0.245 e. The standard InChI is InChI=1S/C36H44ClFN8O3S/c1-46-30(18-23-20-42-27-10-3-2-9-24(23)27)34(48)44-21-25-31(14-13-26(37)32(25)38)50-35-22(8-7-17-41-35)19-43-28(12-6-16-40)33(47)45-29(36(46)49)11-4-5-15-39/h2-3,7-10,13-14,17,20,28-30,42-43H,4-6,11-12,15-16,18-19,21,39-40H2,1H3,(H,44,48)(H,45,47)/t28-,29-,30-/m0/s1. The lowest BCUT2D eigenvalue weighted by Crippen LogP contribution is -2.57. The second-order valence-electron chi connectivity index (χ2n) is 12.4. The third-order valence-corrected chi connectivity index (χ3v) is 10.4. The van der Waals surface area contributed by atoms with E-state index in [0.29, 0.717) is 55.1 Å². The highest BCUT2D eigenvalue weighted by atomic mass is 35.5. The minimum absolute atomic E-state index is 0.0808. The molecule has 2 aromatic heterocycles. The Balaban J connectivity index is 1.57. The van der Waals surface area contributed by atoms with Crippen LogP contribution in [0.25, 0.3) is 10.9 Å². The molecule has 14 heteroatoms. The van der Waals surface area contributed by atoms with Crippen molar-refractivity contribution in [2.24, 2.45) is 11.5 Å². The van der Waals surface area contributed by atoms with Crippen molar-refractivity contribution in [2.45, 2.75) is 79.7 Å². The number of nitrogens with zero attached hydrogens (tertiary/aromatic N) is 2. The first-order valence-corrected chi connectivity index (χ1v) is 18.0. The number of aromatic nitrogens is 2. The molecule has 0 spiro atoms. The minimum atomic E-state index is -1.00. The lowest BCUT2D eigenvalue weighted by atomic mass is 10.0. The average molecular weight is 723 g/mol. The van der Waals surface area contributed by atoms with Gasteiger partial charge in [-0.2, -0.15) is 0 Å². The monoisotopic (exact) mass is 722 g/mol. The van der Waals surface area contributed by atoms with Gasteiger partial charge in [0.15, 0.2) is 0 Å². The Labute approximate surface area is 300 Å². The summed E-state index contributed by atoms with van der Waals surface area (Å²) in [6, 6.07) is 11.9. The molecule has 0 bridgehead atoms. The number of pyridine rings is 1. The quantitative estimate of drug-likeness (QED) is 0.141. The topological polar surface area (TPSA) is 171 Å². The molecule has 1 aliphatic rings. The number of likely N-dealkylation sites (N-methyl/N-ethyl adjacent to an activating group) is 1. The average Bonchev–Trinajstić information content (AvgIpc) is 3.53. The molecule has 3 amide bonds. The zero-order valence-corrected chi connectivity index (χ0v) is 29.6. The molecular weight excluding hydrogens is 679 g/mol. The predicted molar refractivity (Wildman–Crippen MR) is 194 cm³/mol. The molecule has 5 rings (SSSR count). The van der Waals surface area contributed by atoms with Gasteiger partial charge in [0.2, 0.25) is 17.7 Å². The summed E-state index contributed by atoms with van der Waals surface area (Å²) in [5.41, 5.74) is 14.3. The van der Waals surface area contributed by atoms with Crippen molar-refractivity contribution in [1.82, 2.24) is 30.8 Å². The number of carbonyl (C=O) groups excluding carboxylic acids is 3. The van der Waals surface area contributed by atoms with Gasteiger partial charge < -0.3 is 37.3 Å². The fourth-order valence-electron chi connectivity index (χ4n) is 6.10. The molecule has 8 N–H and O–H groups in total. The lowest BCUT2D eigenvalue weighted by molar-refractivity contribution is -0.142. The van der Waals surface area contributed by atoms with Gasteiger partial charge in [0.1, 0.15) is 22.9 Å². The largest absolute Gasteiger partial charge is 0.361 e. The van der Waals surface area contributed by atoms with Crippen LogP contribution in [0.5, 0.6) is 0 Å². The maximum Gasteiger partial charge on any atom is 0.245 e. The third-order valence-electron chi connectivity index (χ3n) is 8.97. The normalized spacial score (nSPS) is 19.4. The van der Waals surface area contributed by atoms with Crippen molar-refractivity contribution in [3.63, 3.8) is 0 Å². The van der Waals surface area contributed by atoms with E-state index in [1.807, 2.05) is 36.5 Å². The second-order valence-corrected chi connectivity index (χ2v) is 13.8. The summed E-state index contributed by atoms with van der Waals surface area (Å²) in [7, 11) is 1.56. The van der Waals surface area contributed by atoms with Crippen molar-refractivity contribution in [1.29, 1.82) is 0 Å². The first kappa shape index (κ1) is 37.3. The predicted octanol–water partition coefficient (Wildman–Crippen LogP) is 4.02. The molecule has 50 heavy (non-hydrogen) atoms. The summed E-state index contributed by atoms with van der Waals surface area (Å²) in [5.74, 6) is -1.91. The number of nitrogens with one attached hydrogen (secondary N) is 4. The zero-order valence-electron chi connectivity index (χ0n) is 28.0. The molecule has 0 fully saturated rings. The van der Waals surface area contributed by atoms with Gasteiger partial charge in [-0.1, -0.05) is 47.6 Å². The number of benzene rings is 2. The van der Waals surface area contributed by atoms with Gasteiger partial charge in [-0.15, -0.1) is 0 Å². The molecule has 3 heterocycles. The first-order valence-electron chi connectivity index (χ1n) is 16.8. The van der Waals surface area contributed by atoms with Gasteiger partial charge in [0, 0.05) is 60.3 Å². The van der Waals surface area contributed by atoms with Crippen molar-refractivity contribution in [2.75, 3.05) is 20.1 Å². The highest BCUT2D eigenvalue weighted by Crippen LogP contribution is 2.35. The summed E-state index contributed by atoms with van der Waals surface area (Å²) in [5, 5.41) is 10.7. The number of halogens is 2. The Kier molecular flexibility index (Phi) is 13.2. The van der Waals surface area contributed by atoms with Crippen molar-refractivity contribution >= 4 is 52.0 Å². The van der Waals surface area contributed by atoms with Gasteiger partial charge >= 0.3 is 0 Å². The SMILES string of the molecule is CN1C(=O)[C@H](CCCCN)NC(=O)[C@H](CCCN)NCc2cccnc2Sc2ccc(Cl)c(F)c2CNC(=O)[C@@H]1Cc1c[nH]c2ccccc12. The number of fused-ring (bicyclic) bond motifs is 3. The van der Waals surface area contributed by atoms with E-state index >= 15 is 4.39 Å². The number of amides is 3. The molecule has 0 aliphatic carbocycles. The van der Waals surface area contributed by atoms with Gasteiger partial charge in [0.25, 0.3) is 0 Å². The summed E-state index contributed by atoms with van der Waals surface area (Å²) < 4.78 is 15.7. The Hall–Kier alpha value is -4.01. The fourth-order valence-corrected chi connectivity index (χ4v) is 7.29. The van der Waals surface area contributed by atoms with E-state index in [4.69, 9.17) is 23.1 Å². The molecule has 2 aromatic carbocycles. The zero-order chi connectivity index (χ0) is 35.6. The number of aromatic amines is 1. The molecule has 0 saturated heterocycles. The van der Waals surface area contributed by atoms with Crippen LogP contribution >= 0.6 is 23.4 Å². The number of para-hydroxylation sites is 1.